The lowest BCUT2D eigenvalue weighted by atomic mass is 9.97. The van der Waals surface area contributed by atoms with Crippen molar-refractivity contribution in [2.45, 2.75) is 64.3 Å². The molecule has 0 bridgehead atoms. The zero-order valence-electron chi connectivity index (χ0n) is 16.8. The number of carbonyl (C=O) groups is 1. The number of halogens is 2. The summed E-state index contributed by atoms with van der Waals surface area (Å²) in [5, 5.41) is 0.304. The molecule has 1 saturated heterocycles. The molecule has 0 spiro atoms. The van der Waals surface area contributed by atoms with E-state index in [9.17, 15) is 13.6 Å². The summed E-state index contributed by atoms with van der Waals surface area (Å²) in [7, 11) is 0. The van der Waals surface area contributed by atoms with Crippen LogP contribution in [0, 0.1) is 11.6 Å². The van der Waals surface area contributed by atoms with Crippen LogP contribution in [0.5, 0.6) is 0 Å². The van der Waals surface area contributed by atoms with E-state index in [1.165, 1.54) is 18.6 Å². The SMILES string of the molecule is C/C=C\C(=C/C)C1CC[C@H](C)N(Cc2cc(F)c(C(C)C(=O)NN)cc2F)S1. The topological polar surface area (TPSA) is 58.4 Å². The van der Waals surface area contributed by atoms with Gasteiger partial charge in [0.05, 0.1) is 5.92 Å². The van der Waals surface area contributed by atoms with E-state index in [0.717, 1.165) is 18.9 Å². The number of benzene rings is 1. The van der Waals surface area contributed by atoms with Gasteiger partial charge in [0.1, 0.15) is 11.6 Å². The first-order valence-corrected chi connectivity index (χ1v) is 10.4. The second kappa shape index (κ2) is 10.2. The Morgan fingerprint density at radius 1 is 1.36 bits per heavy atom. The summed E-state index contributed by atoms with van der Waals surface area (Å²) in [5.41, 5.74) is 3.51. The van der Waals surface area contributed by atoms with Crippen molar-refractivity contribution < 1.29 is 13.6 Å². The fraction of sp³-hybridized carbons (Fsp3) is 0.476. The quantitative estimate of drug-likeness (QED) is 0.237. The number of nitrogens with zero attached hydrogens (tertiary/aromatic N) is 1. The molecule has 1 fully saturated rings. The molecule has 3 N–H and O–H groups in total. The predicted octanol–water partition coefficient (Wildman–Crippen LogP) is 4.58. The normalized spacial score (nSPS) is 22.5. The van der Waals surface area contributed by atoms with E-state index < -0.39 is 23.5 Å². The molecule has 4 nitrogen and oxygen atoms in total. The third-order valence-electron chi connectivity index (χ3n) is 5.16. The Kier molecular flexibility index (Phi) is 8.22. The van der Waals surface area contributed by atoms with Crippen LogP contribution in [0.25, 0.3) is 0 Å². The van der Waals surface area contributed by atoms with Crippen LogP contribution < -0.4 is 11.3 Å². The van der Waals surface area contributed by atoms with Crippen LogP contribution >= 0.6 is 11.9 Å². The average molecular weight is 410 g/mol. The minimum atomic E-state index is -0.862. The number of allylic oxidation sites excluding steroid dienone is 3. The van der Waals surface area contributed by atoms with Crippen molar-refractivity contribution in [1.82, 2.24) is 9.73 Å². The first-order valence-electron chi connectivity index (χ1n) is 9.52. The Morgan fingerprint density at radius 2 is 2.07 bits per heavy atom. The molecule has 7 heteroatoms. The van der Waals surface area contributed by atoms with Gasteiger partial charge in [-0.25, -0.2) is 18.9 Å². The van der Waals surface area contributed by atoms with E-state index in [-0.39, 0.29) is 17.2 Å². The van der Waals surface area contributed by atoms with Gasteiger partial charge in [-0.2, -0.15) is 0 Å². The van der Waals surface area contributed by atoms with E-state index in [0.29, 0.717) is 11.8 Å². The second-order valence-electron chi connectivity index (χ2n) is 7.08. The van der Waals surface area contributed by atoms with E-state index in [1.807, 2.05) is 25.3 Å². The van der Waals surface area contributed by atoms with E-state index in [2.05, 4.69) is 23.4 Å². The molecule has 1 amide bonds. The van der Waals surface area contributed by atoms with Crippen molar-refractivity contribution in [3.63, 3.8) is 0 Å². The van der Waals surface area contributed by atoms with Gasteiger partial charge >= 0.3 is 0 Å². The summed E-state index contributed by atoms with van der Waals surface area (Å²) >= 11 is 1.68. The summed E-state index contributed by atoms with van der Waals surface area (Å²) in [6, 6.07) is 2.57. The molecule has 0 aromatic heterocycles. The standard InChI is InChI=1S/C21H29F2N3OS/c1-5-7-15(6-2)20-9-8-13(3)26(28-20)12-16-10-19(23)17(11-18(16)22)14(4)21(27)25-24/h5-7,10-11,13-14,20H,8-9,12,24H2,1-4H3,(H,25,27)/b7-5-,15-6+/t13-,14?,20?/m0/s1. The van der Waals surface area contributed by atoms with Gasteiger partial charge < -0.3 is 0 Å². The summed E-state index contributed by atoms with van der Waals surface area (Å²) in [5.74, 6) is 2.58. The average Bonchev–Trinajstić information content (AvgIpc) is 2.69. The number of hydrogen-bond acceptors (Lipinski definition) is 4. The number of hydrogen-bond donors (Lipinski definition) is 2. The first-order chi connectivity index (χ1) is 13.3. The zero-order chi connectivity index (χ0) is 20.8. The molecule has 1 heterocycles. The van der Waals surface area contributed by atoms with Gasteiger partial charge in [-0.1, -0.05) is 30.2 Å². The van der Waals surface area contributed by atoms with Gasteiger partial charge in [-0.05, 0) is 58.2 Å². The molecule has 2 rings (SSSR count). The van der Waals surface area contributed by atoms with Crippen molar-refractivity contribution in [2.75, 3.05) is 0 Å². The zero-order valence-corrected chi connectivity index (χ0v) is 17.7. The van der Waals surface area contributed by atoms with Crippen molar-refractivity contribution >= 4 is 17.9 Å². The van der Waals surface area contributed by atoms with Crippen molar-refractivity contribution in [3.05, 3.63) is 58.7 Å². The second-order valence-corrected chi connectivity index (χ2v) is 8.33. The molecule has 3 atom stereocenters. The molecule has 28 heavy (non-hydrogen) atoms. The first kappa shape index (κ1) is 22.6. The fourth-order valence-corrected chi connectivity index (χ4v) is 4.78. The Balaban J connectivity index is 2.21. The maximum absolute atomic E-state index is 14.7. The highest BCUT2D eigenvalue weighted by Crippen LogP contribution is 2.38. The van der Waals surface area contributed by atoms with Crippen LogP contribution in [0.3, 0.4) is 0 Å². The van der Waals surface area contributed by atoms with Crippen molar-refractivity contribution in [2.24, 2.45) is 5.84 Å². The smallest absolute Gasteiger partial charge is 0.241 e. The number of nitrogens with one attached hydrogen (secondary N) is 1. The number of hydrazine groups is 1. The number of amides is 1. The molecule has 0 saturated carbocycles. The van der Waals surface area contributed by atoms with Crippen LogP contribution in [0.15, 0.2) is 35.9 Å². The van der Waals surface area contributed by atoms with Crippen LogP contribution in [0.4, 0.5) is 8.78 Å². The van der Waals surface area contributed by atoms with Gasteiger partial charge in [-0.3, -0.25) is 10.2 Å². The molecule has 1 aromatic carbocycles. The van der Waals surface area contributed by atoms with Gasteiger partial charge in [-0.15, -0.1) is 0 Å². The van der Waals surface area contributed by atoms with Crippen LogP contribution in [-0.4, -0.2) is 21.5 Å². The number of carbonyl (C=O) groups excluding carboxylic acids is 1. The van der Waals surface area contributed by atoms with E-state index in [1.54, 1.807) is 11.9 Å². The molecular formula is C21H29F2N3OS. The number of nitrogens with two attached hydrogens (primary N) is 1. The van der Waals surface area contributed by atoms with Crippen LogP contribution in [0.2, 0.25) is 0 Å². The minimum Gasteiger partial charge on any atom is -0.294 e. The molecule has 1 aliphatic heterocycles. The highest BCUT2D eigenvalue weighted by Gasteiger charge is 2.29. The van der Waals surface area contributed by atoms with Crippen LogP contribution in [-0.2, 0) is 11.3 Å². The molecule has 154 valence electrons. The van der Waals surface area contributed by atoms with Gasteiger partial charge in [0.25, 0.3) is 0 Å². The molecular weight excluding hydrogens is 380 g/mol. The summed E-state index contributed by atoms with van der Waals surface area (Å²) in [4.78, 5) is 11.7. The lowest BCUT2D eigenvalue weighted by Crippen LogP contribution is -2.35. The van der Waals surface area contributed by atoms with Crippen molar-refractivity contribution in [1.29, 1.82) is 0 Å². The summed E-state index contributed by atoms with van der Waals surface area (Å²) in [6.07, 6.45) is 8.26. The van der Waals surface area contributed by atoms with E-state index in [4.69, 9.17) is 5.84 Å². The molecule has 0 radical (unpaired) electrons. The van der Waals surface area contributed by atoms with Crippen LogP contribution in [0.1, 0.15) is 57.6 Å². The fourth-order valence-electron chi connectivity index (χ4n) is 3.35. The molecule has 1 aromatic rings. The Bertz CT molecular complexity index is 766. The largest absolute Gasteiger partial charge is 0.294 e. The highest BCUT2D eigenvalue weighted by molar-refractivity contribution is 7.97. The Hall–Kier alpha value is -1.70. The van der Waals surface area contributed by atoms with Gasteiger partial charge in [0.15, 0.2) is 0 Å². The predicted molar refractivity (Wildman–Crippen MR) is 111 cm³/mol. The minimum absolute atomic E-state index is 0.00528. The monoisotopic (exact) mass is 409 g/mol. The lowest BCUT2D eigenvalue weighted by molar-refractivity contribution is -0.122. The van der Waals surface area contributed by atoms with Gasteiger partial charge in [0.2, 0.25) is 5.91 Å². The number of rotatable bonds is 6. The molecule has 0 aliphatic carbocycles. The lowest BCUT2D eigenvalue weighted by Gasteiger charge is -2.37. The Labute approximate surface area is 170 Å². The molecule has 2 unspecified atom stereocenters. The van der Waals surface area contributed by atoms with Crippen molar-refractivity contribution in [3.8, 4) is 0 Å². The molecule has 1 aliphatic rings. The third kappa shape index (κ3) is 5.21. The summed E-state index contributed by atoms with van der Waals surface area (Å²) in [6.45, 7) is 7.90. The maximum atomic E-state index is 14.7. The summed E-state index contributed by atoms with van der Waals surface area (Å²) < 4.78 is 31.4. The Morgan fingerprint density at radius 3 is 2.68 bits per heavy atom. The van der Waals surface area contributed by atoms with Gasteiger partial charge in [0, 0.05) is 29.0 Å². The highest BCUT2D eigenvalue weighted by atomic mass is 32.2. The third-order valence-corrected chi connectivity index (χ3v) is 6.68. The maximum Gasteiger partial charge on any atom is 0.241 e. The van der Waals surface area contributed by atoms with E-state index >= 15 is 0 Å².